The standard InChI is InChI=1S/C11H16N2O/c1-12-7-3-4-9(8-12)10-5-6-11(14)13(10)2/h3-4,8,10H,5-7H2,1-2H3. The first-order valence-electron chi connectivity index (χ1n) is 5.02. The van der Waals surface area contributed by atoms with E-state index in [4.69, 9.17) is 0 Å². The Kier molecular flexibility index (Phi) is 2.32. The highest BCUT2D eigenvalue weighted by atomic mass is 16.2. The summed E-state index contributed by atoms with van der Waals surface area (Å²) < 4.78 is 0. The number of likely N-dealkylation sites (N-methyl/N-ethyl adjacent to an activating group) is 2. The van der Waals surface area contributed by atoms with Crippen molar-refractivity contribution >= 4 is 5.91 Å². The van der Waals surface area contributed by atoms with E-state index in [1.807, 2.05) is 11.9 Å². The number of nitrogens with zero attached hydrogens (tertiary/aromatic N) is 2. The number of rotatable bonds is 1. The normalized spacial score (nSPS) is 27.1. The van der Waals surface area contributed by atoms with Gasteiger partial charge in [0.25, 0.3) is 0 Å². The fraction of sp³-hybridized carbons (Fsp3) is 0.545. The van der Waals surface area contributed by atoms with E-state index in [-0.39, 0.29) is 5.91 Å². The van der Waals surface area contributed by atoms with Gasteiger partial charge < -0.3 is 9.80 Å². The van der Waals surface area contributed by atoms with Crippen LogP contribution in [0, 0.1) is 0 Å². The van der Waals surface area contributed by atoms with Crippen molar-refractivity contribution in [2.45, 2.75) is 18.9 Å². The van der Waals surface area contributed by atoms with Gasteiger partial charge in [-0.1, -0.05) is 12.2 Å². The van der Waals surface area contributed by atoms with Crippen LogP contribution >= 0.6 is 0 Å². The summed E-state index contributed by atoms with van der Waals surface area (Å²) in [4.78, 5) is 15.4. The van der Waals surface area contributed by atoms with Crippen LogP contribution in [0.25, 0.3) is 0 Å². The predicted octanol–water partition coefficient (Wildman–Crippen LogP) is 0.993. The van der Waals surface area contributed by atoms with E-state index in [2.05, 4.69) is 30.3 Å². The van der Waals surface area contributed by atoms with E-state index in [0.29, 0.717) is 12.5 Å². The zero-order valence-corrected chi connectivity index (χ0v) is 8.73. The first-order chi connectivity index (χ1) is 6.68. The van der Waals surface area contributed by atoms with Gasteiger partial charge in [0, 0.05) is 33.3 Å². The van der Waals surface area contributed by atoms with Crippen LogP contribution in [0.3, 0.4) is 0 Å². The van der Waals surface area contributed by atoms with E-state index in [9.17, 15) is 4.79 Å². The smallest absolute Gasteiger partial charge is 0.222 e. The van der Waals surface area contributed by atoms with Crippen LogP contribution in [-0.4, -0.2) is 42.4 Å². The van der Waals surface area contributed by atoms with Crippen LogP contribution in [0.15, 0.2) is 23.9 Å². The zero-order valence-electron chi connectivity index (χ0n) is 8.73. The molecule has 0 saturated carbocycles. The van der Waals surface area contributed by atoms with Gasteiger partial charge in [-0.25, -0.2) is 0 Å². The summed E-state index contributed by atoms with van der Waals surface area (Å²) in [6, 6.07) is 0.293. The number of hydrogen-bond donors (Lipinski definition) is 0. The molecule has 2 aliphatic rings. The maximum absolute atomic E-state index is 11.4. The fourth-order valence-electron chi connectivity index (χ4n) is 2.10. The second kappa shape index (κ2) is 3.48. The van der Waals surface area contributed by atoms with Crippen molar-refractivity contribution in [3.05, 3.63) is 23.9 Å². The van der Waals surface area contributed by atoms with Crippen molar-refractivity contribution in [3.63, 3.8) is 0 Å². The van der Waals surface area contributed by atoms with Gasteiger partial charge in [-0.05, 0) is 12.0 Å². The quantitative estimate of drug-likeness (QED) is 0.618. The minimum Gasteiger partial charge on any atom is -0.376 e. The molecular formula is C11H16N2O. The van der Waals surface area contributed by atoms with E-state index >= 15 is 0 Å². The van der Waals surface area contributed by atoms with E-state index in [1.165, 1.54) is 5.57 Å². The predicted molar refractivity (Wildman–Crippen MR) is 55.6 cm³/mol. The lowest BCUT2D eigenvalue weighted by Crippen LogP contribution is -2.31. The number of carbonyl (C=O) groups excluding carboxylic acids is 1. The first-order valence-corrected chi connectivity index (χ1v) is 5.02. The number of hydrogen-bond acceptors (Lipinski definition) is 2. The van der Waals surface area contributed by atoms with Gasteiger partial charge in [-0.3, -0.25) is 4.79 Å². The van der Waals surface area contributed by atoms with Crippen molar-refractivity contribution in [1.29, 1.82) is 0 Å². The molecule has 3 nitrogen and oxygen atoms in total. The summed E-state index contributed by atoms with van der Waals surface area (Å²) in [5.41, 5.74) is 1.26. The van der Waals surface area contributed by atoms with Gasteiger partial charge >= 0.3 is 0 Å². The summed E-state index contributed by atoms with van der Waals surface area (Å²) in [6.45, 7) is 0.966. The molecule has 0 aromatic heterocycles. The van der Waals surface area contributed by atoms with Crippen LogP contribution in [0.5, 0.6) is 0 Å². The molecular weight excluding hydrogens is 176 g/mol. The molecule has 1 atom stereocenters. The summed E-state index contributed by atoms with van der Waals surface area (Å²) in [6.07, 6.45) is 8.07. The monoisotopic (exact) mass is 192 g/mol. The number of carbonyl (C=O) groups is 1. The lowest BCUT2D eigenvalue weighted by Gasteiger charge is -2.25. The summed E-state index contributed by atoms with van der Waals surface area (Å²) in [5.74, 6) is 0.262. The second-order valence-corrected chi connectivity index (χ2v) is 4.03. The maximum atomic E-state index is 11.4. The van der Waals surface area contributed by atoms with Crippen molar-refractivity contribution < 1.29 is 4.79 Å². The number of amides is 1. The topological polar surface area (TPSA) is 23.6 Å². The lowest BCUT2D eigenvalue weighted by molar-refractivity contribution is -0.127. The van der Waals surface area contributed by atoms with Crippen LogP contribution in [0.2, 0.25) is 0 Å². The molecule has 1 unspecified atom stereocenters. The average Bonchev–Trinajstić information content (AvgIpc) is 2.48. The van der Waals surface area contributed by atoms with E-state index in [1.54, 1.807) is 0 Å². The number of likely N-dealkylation sites (tertiary alicyclic amines) is 1. The molecule has 3 heteroatoms. The molecule has 0 aliphatic carbocycles. The SMILES string of the molecule is CN1C=C(C2CCC(=O)N2C)C=CC1. The second-order valence-electron chi connectivity index (χ2n) is 4.03. The molecule has 76 valence electrons. The third kappa shape index (κ3) is 1.54. The third-order valence-corrected chi connectivity index (χ3v) is 2.95. The Morgan fingerprint density at radius 2 is 2.21 bits per heavy atom. The Bertz CT molecular complexity index is 306. The molecule has 2 rings (SSSR count). The van der Waals surface area contributed by atoms with Crippen LogP contribution < -0.4 is 0 Å². The molecule has 0 aromatic carbocycles. The molecule has 0 N–H and O–H groups in total. The van der Waals surface area contributed by atoms with Gasteiger partial charge in [-0.15, -0.1) is 0 Å². The fourth-order valence-corrected chi connectivity index (χ4v) is 2.10. The van der Waals surface area contributed by atoms with Gasteiger partial charge in [0.1, 0.15) is 0 Å². The van der Waals surface area contributed by atoms with Gasteiger partial charge in [0.15, 0.2) is 0 Å². The summed E-state index contributed by atoms with van der Waals surface area (Å²) in [5, 5.41) is 0. The Labute approximate surface area is 84.7 Å². The highest BCUT2D eigenvalue weighted by Gasteiger charge is 2.29. The minimum atomic E-state index is 0.262. The Hall–Kier alpha value is -1.25. The van der Waals surface area contributed by atoms with Crippen LogP contribution in [-0.2, 0) is 4.79 Å². The first kappa shape index (κ1) is 9.31. The lowest BCUT2D eigenvalue weighted by atomic mass is 10.0. The maximum Gasteiger partial charge on any atom is 0.222 e. The highest BCUT2D eigenvalue weighted by Crippen LogP contribution is 2.25. The Morgan fingerprint density at radius 3 is 2.79 bits per heavy atom. The van der Waals surface area contributed by atoms with Gasteiger partial charge in [0.2, 0.25) is 5.91 Å². The molecule has 0 aromatic rings. The summed E-state index contributed by atoms with van der Waals surface area (Å²) in [7, 11) is 3.95. The Morgan fingerprint density at radius 1 is 1.43 bits per heavy atom. The molecule has 1 amide bonds. The highest BCUT2D eigenvalue weighted by molar-refractivity contribution is 5.79. The van der Waals surface area contributed by atoms with Crippen molar-refractivity contribution in [3.8, 4) is 0 Å². The van der Waals surface area contributed by atoms with Crippen LogP contribution in [0.1, 0.15) is 12.8 Å². The van der Waals surface area contributed by atoms with E-state index in [0.717, 1.165) is 13.0 Å². The van der Waals surface area contributed by atoms with Gasteiger partial charge in [0.05, 0.1) is 6.04 Å². The molecule has 2 heterocycles. The average molecular weight is 192 g/mol. The third-order valence-electron chi connectivity index (χ3n) is 2.95. The van der Waals surface area contributed by atoms with E-state index < -0.39 is 0 Å². The zero-order chi connectivity index (χ0) is 10.1. The summed E-state index contributed by atoms with van der Waals surface area (Å²) >= 11 is 0. The molecule has 2 aliphatic heterocycles. The van der Waals surface area contributed by atoms with Crippen molar-refractivity contribution in [2.75, 3.05) is 20.6 Å². The molecule has 0 bridgehead atoms. The molecule has 1 saturated heterocycles. The van der Waals surface area contributed by atoms with Gasteiger partial charge in [-0.2, -0.15) is 0 Å². The molecule has 0 spiro atoms. The molecule has 1 fully saturated rings. The molecule has 0 radical (unpaired) electrons. The Balaban J connectivity index is 2.16. The van der Waals surface area contributed by atoms with Crippen LogP contribution in [0.4, 0.5) is 0 Å². The minimum absolute atomic E-state index is 0.262. The largest absolute Gasteiger partial charge is 0.376 e. The molecule has 14 heavy (non-hydrogen) atoms. The van der Waals surface area contributed by atoms with Crippen molar-refractivity contribution in [1.82, 2.24) is 9.80 Å². The van der Waals surface area contributed by atoms with Crippen molar-refractivity contribution in [2.24, 2.45) is 0 Å².